The minimum absolute atomic E-state index is 0. The van der Waals surface area contributed by atoms with Crippen LogP contribution in [0.4, 0.5) is 17.6 Å². The van der Waals surface area contributed by atoms with Crippen molar-refractivity contribution in [2.45, 2.75) is 26.7 Å². The fraction of sp³-hybridized carbons (Fsp3) is 0.231. The van der Waals surface area contributed by atoms with E-state index in [1.165, 1.54) is 12.1 Å². The van der Waals surface area contributed by atoms with Crippen molar-refractivity contribution in [3.8, 4) is 11.5 Å². The molecular formula is C26H24F4O2Ti. The van der Waals surface area contributed by atoms with Gasteiger partial charge >= 0.3 is 21.7 Å². The maximum absolute atomic E-state index is 12.6. The van der Waals surface area contributed by atoms with Crippen LogP contribution in [0.25, 0.3) is 0 Å². The Bertz CT molecular complexity index is 829. The van der Waals surface area contributed by atoms with Gasteiger partial charge in [0.05, 0.1) is 24.8 Å². The molecule has 2 aliphatic carbocycles. The summed E-state index contributed by atoms with van der Waals surface area (Å²) in [5.74, 6) is -2.93. The van der Waals surface area contributed by atoms with E-state index in [0.29, 0.717) is 13.2 Å². The molecule has 0 aliphatic heterocycles. The summed E-state index contributed by atoms with van der Waals surface area (Å²) in [6.07, 6.45) is 20.0. The minimum atomic E-state index is -0.785. The first-order valence-corrected chi connectivity index (χ1v) is 9.91. The van der Waals surface area contributed by atoms with Crippen LogP contribution in [0.15, 0.2) is 60.7 Å². The van der Waals surface area contributed by atoms with Crippen LogP contribution in [-0.4, -0.2) is 13.2 Å². The van der Waals surface area contributed by atoms with E-state index in [2.05, 4.69) is 24.3 Å². The number of rotatable bonds is 4. The molecule has 2 aromatic rings. The van der Waals surface area contributed by atoms with Gasteiger partial charge in [-0.1, -0.05) is 0 Å². The average Bonchev–Trinajstić information content (AvgIpc) is 3.52. The second-order valence-corrected chi connectivity index (χ2v) is 5.84. The molecule has 0 saturated heterocycles. The van der Waals surface area contributed by atoms with E-state index in [0.717, 1.165) is 25.0 Å². The van der Waals surface area contributed by atoms with Crippen molar-refractivity contribution in [3.63, 3.8) is 0 Å². The van der Waals surface area contributed by atoms with Gasteiger partial charge in [0, 0.05) is 23.1 Å². The molecule has 172 valence electrons. The van der Waals surface area contributed by atoms with Gasteiger partial charge in [-0.2, -0.15) is 12.2 Å². The quantitative estimate of drug-likeness (QED) is 0.262. The number of ether oxygens (including phenoxy) is 2. The van der Waals surface area contributed by atoms with Crippen LogP contribution in [-0.2, 0) is 21.7 Å². The number of hydrogen-bond acceptors (Lipinski definition) is 2. The Morgan fingerprint density at radius 3 is 1.30 bits per heavy atom. The Morgan fingerprint density at radius 2 is 1.09 bits per heavy atom. The SMILES string of the molecule is CCOc1ccc(F)[c-]c1F.CCOc1ccc(F)[c-]c1F.[C-]1=CC=CC1.[C-]1=CC=CC1.[Ti+4]. The molecule has 2 aromatic carbocycles. The number of allylic oxidation sites excluding steroid dienone is 8. The van der Waals surface area contributed by atoms with Gasteiger partial charge in [-0.15, -0.1) is 49.2 Å². The Hall–Kier alpha value is -2.57. The van der Waals surface area contributed by atoms with Crippen molar-refractivity contribution >= 4 is 0 Å². The molecule has 0 amide bonds. The summed E-state index contributed by atoms with van der Waals surface area (Å²) in [5, 5.41) is 0. The monoisotopic (exact) mass is 492 g/mol. The van der Waals surface area contributed by atoms with Crippen molar-refractivity contribution < 1.29 is 48.8 Å². The second-order valence-electron chi connectivity index (χ2n) is 5.84. The second kappa shape index (κ2) is 19.0. The molecule has 0 unspecified atom stereocenters. The first-order valence-electron chi connectivity index (χ1n) is 9.91. The van der Waals surface area contributed by atoms with Gasteiger partial charge in [0.15, 0.2) is 0 Å². The zero-order chi connectivity index (χ0) is 23.6. The van der Waals surface area contributed by atoms with Crippen LogP contribution < -0.4 is 9.47 Å². The molecule has 2 nitrogen and oxygen atoms in total. The number of hydrogen-bond donors (Lipinski definition) is 0. The molecule has 0 atom stereocenters. The molecule has 0 heterocycles. The largest absolute Gasteiger partial charge is 4.00 e. The molecular weight excluding hydrogens is 468 g/mol. The summed E-state index contributed by atoms with van der Waals surface area (Å²) >= 11 is 0. The number of benzene rings is 2. The van der Waals surface area contributed by atoms with E-state index >= 15 is 0 Å². The van der Waals surface area contributed by atoms with Crippen LogP contribution >= 0.6 is 0 Å². The number of halogens is 4. The predicted octanol–water partition coefficient (Wildman–Crippen LogP) is 6.94. The van der Waals surface area contributed by atoms with Crippen LogP contribution in [0.2, 0.25) is 0 Å². The fourth-order valence-electron chi connectivity index (χ4n) is 2.07. The maximum atomic E-state index is 12.6. The first kappa shape index (κ1) is 30.4. The Morgan fingerprint density at radius 1 is 0.697 bits per heavy atom. The smallest absolute Gasteiger partial charge is 0.548 e. The fourth-order valence-corrected chi connectivity index (χ4v) is 2.07. The molecule has 0 saturated carbocycles. The maximum Gasteiger partial charge on any atom is 4.00 e. The minimum Gasteiger partial charge on any atom is -0.548 e. The zero-order valence-electron chi connectivity index (χ0n) is 18.4. The third-order valence-electron chi connectivity index (χ3n) is 3.42. The van der Waals surface area contributed by atoms with E-state index in [9.17, 15) is 17.6 Å². The predicted molar refractivity (Wildman–Crippen MR) is 116 cm³/mol. The van der Waals surface area contributed by atoms with E-state index in [-0.39, 0.29) is 33.2 Å². The van der Waals surface area contributed by atoms with E-state index < -0.39 is 23.3 Å². The molecule has 0 spiro atoms. The Labute approximate surface area is 208 Å². The summed E-state index contributed by atoms with van der Waals surface area (Å²) in [5.41, 5.74) is 0. The summed E-state index contributed by atoms with van der Waals surface area (Å²) in [6, 6.07) is 8.42. The summed E-state index contributed by atoms with van der Waals surface area (Å²) in [7, 11) is 0. The van der Waals surface area contributed by atoms with Gasteiger partial charge in [0.1, 0.15) is 0 Å². The van der Waals surface area contributed by atoms with E-state index in [4.69, 9.17) is 9.47 Å². The van der Waals surface area contributed by atoms with Crippen molar-refractivity contribution in [3.05, 3.63) is 108 Å². The Balaban J connectivity index is 0.000000434. The van der Waals surface area contributed by atoms with Crippen LogP contribution in [0.3, 0.4) is 0 Å². The van der Waals surface area contributed by atoms with Crippen molar-refractivity contribution in [1.29, 1.82) is 0 Å². The standard InChI is InChI=1S/2C8H7F2O.2C5H5.Ti/c2*1-2-11-8-4-3-6(9)5-7(8)10;2*1-2-4-5-3-1;/h2*3-4H,2H2,1H3;2*1-3H,4H2;/q4*-1;+4. The summed E-state index contributed by atoms with van der Waals surface area (Å²) in [6.45, 7) is 4.17. The summed E-state index contributed by atoms with van der Waals surface area (Å²) in [4.78, 5) is 0. The van der Waals surface area contributed by atoms with Crippen LogP contribution in [0.5, 0.6) is 11.5 Å². The van der Waals surface area contributed by atoms with Crippen molar-refractivity contribution in [1.82, 2.24) is 0 Å². The summed E-state index contributed by atoms with van der Waals surface area (Å²) < 4.78 is 59.3. The van der Waals surface area contributed by atoms with E-state index in [1.807, 2.05) is 36.4 Å². The molecule has 0 fully saturated rings. The van der Waals surface area contributed by atoms with E-state index in [1.54, 1.807) is 13.8 Å². The zero-order valence-corrected chi connectivity index (χ0v) is 20.0. The molecule has 33 heavy (non-hydrogen) atoms. The van der Waals surface area contributed by atoms with Gasteiger partial charge in [0.25, 0.3) is 0 Å². The molecule has 0 bridgehead atoms. The normalized spacial score (nSPS) is 11.8. The molecule has 0 aromatic heterocycles. The molecule has 4 rings (SSSR count). The van der Waals surface area contributed by atoms with Gasteiger partial charge in [0.2, 0.25) is 0 Å². The first-order chi connectivity index (χ1) is 15.5. The third kappa shape index (κ3) is 14.2. The molecule has 0 radical (unpaired) electrons. The van der Waals surface area contributed by atoms with Crippen LogP contribution in [0, 0.1) is 47.6 Å². The average molecular weight is 492 g/mol. The van der Waals surface area contributed by atoms with Gasteiger partial charge in [-0.3, -0.25) is 12.2 Å². The molecule has 7 heteroatoms. The molecule has 2 aliphatic rings. The topological polar surface area (TPSA) is 18.5 Å². The van der Waals surface area contributed by atoms with Gasteiger partial charge in [-0.05, 0) is 13.8 Å². The van der Waals surface area contributed by atoms with Crippen molar-refractivity contribution in [2.24, 2.45) is 0 Å². The third-order valence-corrected chi connectivity index (χ3v) is 3.42. The molecule has 0 N–H and O–H groups in total. The van der Waals surface area contributed by atoms with Crippen LogP contribution in [0.1, 0.15) is 26.7 Å². The Kier molecular flexibility index (Phi) is 17.5. The van der Waals surface area contributed by atoms with Crippen molar-refractivity contribution in [2.75, 3.05) is 13.2 Å². The van der Waals surface area contributed by atoms with Gasteiger partial charge < -0.3 is 9.47 Å². The van der Waals surface area contributed by atoms with Gasteiger partial charge in [-0.25, -0.2) is 41.9 Å².